The molecule has 1 saturated carbocycles. The highest BCUT2D eigenvalue weighted by molar-refractivity contribution is 6.02. The van der Waals surface area contributed by atoms with Crippen LogP contribution in [0.2, 0.25) is 0 Å². The van der Waals surface area contributed by atoms with Gasteiger partial charge in [0.15, 0.2) is 5.69 Å². The van der Waals surface area contributed by atoms with Crippen LogP contribution in [0, 0.1) is 5.41 Å². The molecule has 1 aromatic heterocycles. The third kappa shape index (κ3) is 2.18. The largest absolute Gasteiger partial charge is 0.476 e. The molecule has 0 spiro atoms. The monoisotopic (exact) mass is 273 g/mol. The van der Waals surface area contributed by atoms with E-state index < -0.39 is 5.97 Å². The van der Waals surface area contributed by atoms with Gasteiger partial charge in [0.1, 0.15) is 0 Å². The molecule has 0 amide bonds. The number of anilines is 1. The van der Waals surface area contributed by atoms with E-state index >= 15 is 0 Å². The van der Waals surface area contributed by atoms with Crippen molar-refractivity contribution in [3.05, 3.63) is 30.0 Å². The zero-order valence-electron chi connectivity index (χ0n) is 10.8. The second kappa shape index (κ2) is 4.72. The first-order valence-corrected chi connectivity index (χ1v) is 6.49. The van der Waals surface area contributed by atoms with E-state index in [4.69, 9.17) is 0 Å². The zero-order valence-corrected chi connectivity index (χ0v) is 10.8. The van der Waals surface area contributed by atoms with Crippen molar-refractivity contribution in [2.45, 2.75) is 12.8 Å². The minimum absolute atomic E-state index is 0.0857. The molecule has 1 aliphatic rings. The Hall–Kier alpha value is -2.21. The van der Waals surface area contributed by atoms with Gasteiger partial charge in [-0.2, -0.15) is 0 Å². The van der Waals surface area contributed by atoms with Crippen LogP contribution in [-0.4, -0.2) is 39.5 Å². The van der Waals surface area contributed by atoms with Gasteiger partial charge in [-0.1, -0.05) is 18.2 Å². The quantitative estimate of drug-likeness (QED) is 0.764. The fraction of sp³-hybridized carbons (Fsp3) is 0.357. The number of nitrogens with one attached hydrogen (secondary N) is 1. The first kappa shape index (κ1) is 12.8. The Labute approximate surface area is 115 Å². The van der Waals surface area contributed by atoms with Crippen LogP contribution in [0.15, 0.2) is 24.3 Å². The van der Waals surface area contributed by atoms with E-state index in [0.717, 1.165) is 18.2 Å². The standard InChI is InChI=1S/C14H15N3O3/c18-8-14(5-6-14)7-15-11-9-3-1-2-4-10(9)16-17-12(11)13(19)20/h1-4,18H,5-8H2,(H,15,16)(H,19,20). The number of carboxylic acids is 1. The van der Waals surface area contributed by atoms with Crippen LogP contribution in [0.1, 0.15) is 23.3 Å². The molecule has 0 atom stereocenters. The van der Waals surface area contributed by atoms with Crippen molar-refractivity contribution in [3.63, 3.8) is 0 Å². The summed E-state index contributed by atoms with van der Waals surface area (Å²) in [5.74, 6) is -1.11. The highest BCUT2D eigenvalue weighted by atomic mass is 16.4. The lowest BCUT2D eigenvalue weighted by molar-refractivity contribution is 0.0690. The lowest BCUT2D eigenvalue weighted by atomic mass is 10.1. The molecule has 6 nitrogen and oxygen atoms in total. The number of aliphatic hydroxyl groups is 1. The van der Waals surface area contributed by atoms with Crippen LogP contribution < -0.4 is 5.32 Å². The first-order valence-electron chi connectivity index (χ1n) is 6.49. The van der Waals surface area contributed by atoms with Crippen LogP contribution in [0.3, 0.4) is 0 Å². The van der Waals surface area contributed by atoms with Crippen molar-refractivity contribution in [1.29, 1.82) is 0 Å². The molecule has 3 N–H and O–H groups in total. The summed E-state index contributed by atoms with van der Waals surface area (Å²) in [4.78, 5) is 11.3. The summed E-state index contributed by atoms with van der Waals surface area (Å²) in [6.45, 7) is 0.651. The maximum Gasteiger partial charge on any atom is 0.358 e. The van der Waals surface area contributed by atoms with Gasteiger partial charge in [-0.05, 0) is 18.9 Å². The SMILES string of the molecule is O=C(O)c1nnc2ccccc2c1NCC1(CO)CC1. The van der Waals surface area contributed by atoms with Crippen LogP contribution in [0.5, 0.6) is 0 Å². The Morgan fingerprint density at radius 2 is 2.05 bits per heavy atom. The van der Waals surface area contributed by atoms with E-state index in [1.807, 2.05) is 18.2 Å². The van der Waals surface area contributed by atoms with Gasteiger partial charge in [0.25, 0.3) is 0 Å². The highest BCUT2D eigenvalue weighted by Crippen LogP contribution is 2.45. The third-order valence-corrected chi connectivity index (χ3v) is 3.80. The molecule has 2 aromatic rings. The normalized spacial score (nSPS) is 16.1. The second-order valence-electron chi connectivity index (χ2n) is 5.26. The Morgan fingerprint density at radius 3 is 2.70 bits per heavy atom. The van der Waals surface area contributed by atoms with Crippen LogP contribution in [0.4, 0.5) is 5.69 Å². The number of aromatic carboxylic acids is 1. The van der Waals surface area contributed by atoms with Crippen molar-refractivity contribution >= 4 is 22.6 Å². The van der Waals surface area contributed by atoms with Gasteiger partial charge in [-0.25, -0.2) is 4.79 Å². The number of benzene rings is 1. The second-order valence-corrected chi connectivity index (χ2v) is 5.26. The fourth-order valence-corrected chi connectivity index (χ4v) is 2.23. The number of aliphatic hydroxyl groups excluding tert-OH is 1. The number of rotatable bonds is 5. The lowest BCUT2D eigenvalue weighted by Gasteiger charge is -2.16. The van der Waals surface area contributed by atoms with E-state index in [9.17, 15) is 15.0 Å². The Bertz CT molecular complexity index is 668. The summed E-state index contributed by atoms with van der Waals surface area (Å²) < 4.78 is 0. The molecule has 6 heteroatoms. The van der Waals surface area contributed by atoms with Gasteiger partial charge in [0.2, 0.25) is 0 Å². The average Bonchev–Trinajstić information content (AvgIpc) is 3.25. The summed E-state index contributed by atoms with van der Waals surface area (Å²) >= 11 is 0. The van der Waals surface area contributed by atoms with E-state index in [1.54, 1.807) is 6.07 Å². The summed E-state index contributed by atoms with van der Waals surface area (Å²) in [6.07, 6.45) is 1.91. The summed E-state index contributed by atoms with van der Waals surface area (Å²) in [5, 5.41) is 30.2. The lowest BCUT2D eigenvalue weighted by Crippen LogP contribution is -2.21. The molecular weight excluding hydrogens is 258 g/mol. The Kier molecular flexibility index (Phi) is 3.02. The molecule has 1 heterocycles. The minimum atomic E-state index is -1.11. The molecule has 0 bridgehead atoms. The molecule has 1 fully saturated rings. The Morgan fingerprint density at radius 1 is 1.30 bits per heavy atom. The van der Waals surface area contributed by atoms with E-state index in [-0.39, 0.29) is 17.7 Å². The van der Waals surface area contributed by atoms with Gasteiger partial charge in [0, 0.05) is 17.3 Å². The number of nitrogens with zero attached hydrogens (tertiary/aromatic N) is 2. The first-order chi connectivity index (χ1) is 9.65. The molecule has 0 saturated heterocycles. The minimum Gasteiger partial charge on any atom is -0.476 e. The number of fused-ring (bicyclic) bond motifs is 1. The van der Waals surface area contributed by atoms with E-state index in [2.05, 4.69) is 15.5 Å². The molecule has 0 unspecified atom stereocenters. The van der Waals surface area contributed by atoms with Crippen molar-refractivity contribution in [2.24, 2.45) is 5.41 Å². The predicted octanol–water partition coefficient (Wildman–Crippen LogP) is 1.51. The maximum absolute atomic E-state index is 11.3. The summed E-state index contributed by atoms with van der Waals surface area (Å²) in [6, 6.07) is 7.27. The molecule has 1 aromatic carbocycles. The zero-order chi connectivity index (χ0) is 14.2. The third-order valence-electron chi connectivity index (χ3n) is 3.80. The van der Waals surface area contributed by atoms with Crippen LogP contribution >= 0.6 is 0 Å². The van der Waals surface area contributed by atoms with E-state index in [1.165, 1.54) is 0 Å². The molecule has 104 valence electrons. The van der Waals surface area contributed by atoms with Crippen molar-refractivity contribution < 1.29 is 15.0 Å². The summed E-state index contributed by atoms with van der Waals surface area (Å²) in [5.41, 5.74) is 0.925. The predicted molar refractivity (Wildman–Crippen MR) is 73.7 cm³/mol. The smallest absolute Gasteiger partial charge is 0.358 e. The molecule has 3 rings (SSSR count). The number of carboxylic acid groups (broad SMARTS) is 1. The van der Waals surface area contributed by atoms with Crippen LogP contribution in [0.25, 0.3) is 10.9 Å². The Balaban J connectivity index is 2.01. The molecule has 1 aliphatic carbocycles. The van der Waals surface area contributed by atoms with Crippen molar-refractivity contribution in [3.8, 4) is 0 Å². The van der Waals surface area contributed by atoms with Gasteiger partial charge in [-0.15, -0.1) is 10.2 Å². The van der Waals surface area contributed by atoms with Crippen molar-refractivity contribution in [2.75, 3.05) is 18.5 Å². The average molecular weight is 273 g/mol. The van der Waals surface area contributed by atoms with Gasteiger partial charge >= 0.3 is 5.97 Å². The number of hydrogen-bond donors (Lipinski definition) is 3. The molecule has 20 heavy (non-hydrogen) atoms. The number of carbonyl (C=O) groups is 1. The van der Waals surface area contributed by atoms with Gasteiger partial charge < -0.3 is 15.5 Å². The van der Waals surface area contributed by atoms with E-state index in [0.29, 0.717) is 17.7 Å². The van der Waals surface area contributed by atoms with Gasteiger partial charge in [0.05, 0.1) is 17.8 Å². The molecule has 0 radical (unpaired) electrons. The number of hydrogen-bond acceptors (Lipinski definition) is 5. The highest BCUT2D eigenvalue weighted by Gasteiger charge is 2.42. The van der Waals surface area contributed by atoms with Gasteiger partial charge in [-0.3, -0.25) is 0 Å². The van der Waals surface area contributed by atoms with Crippen molar-refractivity contribution in [1.82, 2.24) is 10.2 Å². The fourth-order valence-electron chi connectivity index (χ4n) is 2.23. The number of aromatic nitrogens is 2. The molecular formula is C14H15N3O3. The van der Waals surface area contributed by atoms with Crippen LogP contribution in [-0.2, 0) is 0 Å². The summed E-state index contributed by atoms with van der Waals surface area (Å²) in [7, 11) is 0. The maximum atomic E-state index is 11.3. The molecule has 0 aliphatic heterocycles. The topological polar surface area (TPSA) is 95.3 Å².